The van der Waals surface area contributed by atoms with Crippen molar-refractivity contribution in [1.82, 2.24) is 4.90 Å². The van der Waals surface area contributed by atoms with Crippen LogP contribution in [0.15, 0.2) is 18.2 Å². The highest BCUT2D eigenvalue weighted by atomic mass is 15.1. The monoisotopic (exact) mass is 243 g/mol. The summed E-state index contributed by atoms with van der Waals surface area (Å²) >= 11 is 0. The lowest BCUT2D eigenvalue weighted by Gasteiger charge is -2.18. The summed E-state index contributed by atoms with van der Waals surface area (Å²) in [6, 6.07) is 7.26. The molecule has 1 nitrogen and oxygen atoms in total. The van der Waals surface area contributed by atoms with Crippen LogP contribution in [-0.4, -0.2) is 25.0 Å². The van der Waals surface area contributed by atoms with Crippen LogP contribution in [0.25, 0.3) is 0 Å². The van der Waals surface area contributed by atoms with E-state index in [1.54, 1.807) is 16.7 Å². The first-order valence-corrected chi connectivity index (χ1v) is 7.52. The predicted molar refractivity (Wildman–Crippen MR) is 77.1 cm³/mol. The summed E-state index contributed by atoms with van der Waals surface area (Å²) in [5.74, 6) is 1.64. The molecule has 3 rings (SSSR count). The van der Waals surface area contributed by atoms with Gasteiger partial charge in [-0.3, -0.25) is 0 Å². The molecule has 0 bridgehead atoms. The van der Waals surface area contributed by atoms with Crippen LogP contribution in [0, 0.1) is 5.92 Å². The summed E-state index contributed by atoms with van der Waals surface area (Å²) in [5, 5.41) is 0. The average molecular weight is 243 g/mol. The van der Waals surface area contributed by atoms with Crippen LogP contribution in [0.3, 0.4) is 0 Å². The lowest BCUT2D eigenvalue weighted by Crippen LogP contribution is -2.15. The summed E-state index contributed by atoms with van der Waals surface area (Å²) in [7, 11) is 2.25. The van der Waals surface area contributed by atoms with Crippen LogP contribution >= 0.6 is 0 Å². The molecule has 1 fully saturated rings. The zero-order valence-corrected chi connectivity index (χ0v) is 11.8. The molecule has 1 aromatic rings. The Morgan fingerprint density at radius 1 is 1.28 bits per heavy atom. The number of hydrogen-bond donors (Lipinski definition) is 0. The van der Waals surface area contributed by atoms with Gasteiger partial charge in [-0.05, 0) is 74.2 Å². The van der Waals surface area contributed by atoms with Crippen molar-refractivity contribution in [3.8, 4) is 0 Å². The van der Waals surface area contributed by atoms with E-state index in [-0.39, 0.29) is 0 Å². The van der Waals surface area contributed by atoms with E-state index in [0.717, 1.165) is 11.8 Å². The summed E-state index contributed by atoms with van der Waals surface area (Å²) in [4.78, 5) is 2.47. The highest BCUT2D eigenvalue weighted by molar-refractivity contribution is 5.36. The lowest BCUT2D eigenvalue weighted by molar-refractivity contribution is 0.379. The minimum absolute atomic E-state index is 0.729. The Morgan fingerprint density at radius 2 is 2.11 bits per heavy atom. The molecule has 2 unspecified atom stereocenters. The van der Waals surface area contributed by atoms with Gasteiger partial charge >= 0.3 is 0 Å². The molecule has 0 radical (unpaired) electrons. The quantitative estimate of drug-likeness (QED) is 0.783. The maximum absolute atomic E-state index is 2.49. The fraction of sp³-hybridized carbons (Fsp3) is 0.647. The predicted octanol–water partition coefficient (Wildman–Crippen LogP) is 3.62. The van der Waals surface area contributed by atoms with Crippen LogP contribution in [0.1, 0.15) is 48.8 Å². The van der Waals surface area contributed by atoms with Gasteiger partial charge in [0, 0.05) is 6.54 Å². The smallest absolute Gasteiger partial charge is 0.000730 e. The van der Waals surface area contributed by atoms with Crippen LogP contribution in [0.4, 0.5) is 0 Å². The van der Waals surface area contributed by atoms with Crippen molar-refractivity contribution in [2.24, 2.45) is 5.92 Å². The van der Waals surface area contributed by atoms with Crippen molar-refractivity contribution >= 4 is 0 Å². The number of rotatable bonds is 3. The minimum atomic E-state index is 0.729. The SMILES string of the molecule is CC(CC1CCN(C)C1)c1ccc2c(c1)CCC2. The Labute approximate surface area is 111 Å². The van der Waals surface area contributed by atoms with E-state index in [1.165, 1.54) is 45.2 Å². The number of hydrogen-bond acceptors (Lipinski definition) is 1. The Balaban J connectivity index is 1.67. The first kappa shape index (κ1) is 12.2. The number of likely N-dealkylation sites (tertiary alicyclic amines) is 1. The highest BCUT2D eigenvalue weighted by Gasteiger charge is 2.22. The van der Waals surface area contributed by atoms with Crippen molar-refractivity contribution in [2.45, 2.75) is 44.9 Å². The fourth-order valence-electron chi connectivity index (χ4n) is 3.75. The molecule has 1 aliphatic heterocycles. The lowest BCUT2D eigenvalue weighted by atomic mass is 9.88. The summed E-state index contributed by atoms with van der Waals surface area (Å²) < 4.78 is 0. The molecule has 2 atom stereocenters. The molecule has 0 N–H and O–H groups in total. The normalized spacial score (nSPS) is 25.3. The van der Waals surface area contributed by atoms with E-state index >= 15 is 0 Å². The van der Waals surface area contributed by atoms with E-state index in [2.05, 4.69) is 37.1 Å². The van der Waals surface area contributed by atoms with Gasteiger partial charge in [0.05, 0.1) is 0 Å². The number of fused-ring (bicyclic) bond motifs is 1. The van der Waals surface area contributed by atoms with E-state index in [4.69, 9.17) is 0 Å². The number of nitrogens with zero attached hydrogens (tertiary/aromatic N) is 1. The maximum Gasteiger partial charge on any atom is 0.000730 e. The second kappa shape index (κ2) is 5.05. The van der Waals surface area contributed by atoms with E-state index in [1.807, 2.05) is 0 Å². The van der Waals surface area contributed by atoms with Gasteiger partial charge in [0.15, 0.2) is 0 Å². The number of benzene rings is 1. The summed E-state index contributed by atoms with van der Waals surface area (Å²) in [6.45, 7) is 5.01. The van der Waals surface area contributed by atoms with Gasteiger partial charge in [-0.25, -0.2) is 0 Å². The zero-order chi connectivity index (χ0) is 12.5. The molecule has 1 heterocycles. The topological polar surface area (TPSA) is 3.24 Å². The average Bonchev–Trinajstić information content (AvgIpc) is 2.96. The number of aryl methyl sites for hydroxylation is 2. The van der Waals surface area contributed by atoms with Gasteiger partial charge in [0.2, 0.25) is 0 Å². The van der Waals surface area contributed by atoms with Crippen LogP contribution < -0.4 is 0 Å². The Hall–Kier alpha value is -0.820. The molecule has 18 heavy (non-hydrogen) atoms. The van der Waals surface area contributed by atoms with Crippen molar-refractivity contribution < 1.29 is 0 Å². The first-order valence-electron chi connectivity index (χ1n) is 7.52. The fourth-order valence-corrected chi connectivity index (χ4v) is 3.75. The Kier molecular flexibility index (Phi) is 3.43. The molecule has 1 heteroatoms. The van der Waals surface area contributed by atoms with Crippen molar-refractivity contribution in [3.05, 3.63) is 34.9 Å². The highest BCUT2D eigenvalue weighted by Crippen LogP contribution is 2.31. The molecule has 0 amide bonds. The molecule has 0 saturated carbocycles. The Bertz CT molecular complexity index is 424. The second-order valence-corrected chi connectivity index (χ2v) is 6.44. The van der Waals surface area contributed by atoms with Crippen LogP contribution in [0.2, 0.25) is 0 Å². The van der Waals surface area contributed by atoms with Gasteiger partial charge in [-0.15, -0.1) is 0 Å². The largest absolute Gasteiger partial charge is 0.306 e. The molecule has 1 aliphatic carbocycles. The molecular formula is C17H25N. The third-order valence-corrected chi connectivity index (χ3v) is 4.87. The molecule has 1 aromatic carbocycles. The van der Waals surface area contributed by atoms with Gasteiger partial charge in [-0.1, -0.05) is 25.1 Å². The summed E-state index contributed by atoms with van der Waals surface area (Å²) in [6.07, 6.45) is 6.73. The van der Waals surface area contributed by atoms with Crippen molar-refractivity contribution in [1.29, 1.82) is 0 Å². The minimum Gasteiger partial charge on any atom is -0.306 e. The third kappa shape index (κ3) is 2.47. The van der Waals surface area contributed by atoms with Gasteiger partial charge < -0.3 is 4.90 Å². The van der Waals surface area contributed by atoms with Crippen LogP contribution in [0.5, 0.6) is 0 Å². The first-order chi connectivity index (χ1) is 8.72. The molecular weight excluding hydrogens is 218 g/mol. The standard InChI is InChI=1S/C17H25N/c1-13(10-14-8-9-18(2)12-14)16-7-6-15-4-3-5-17(15)11-16/h6-7,11,13-14H,3-5,8-10,12H2,1-2H3. The Morgan fingerprint density at radius 3 is 2.89 bits per heavy atom. The maximum atomic E-state index is 2.49. The van der Waals surface area contributed by atoms with Crippen molar-refractivity contribution in [2.75, 3.05) is 20.1 Å². The zero-order valence-electron chi connectivity index (χ0n) is 11.8. The molecule has 0 spiro atoms. The second-order valence-electron chi connectivity index (χ2n) is 6.44. The van der Waals surface area contributed by atoms with Gasteiger partial charge in [0.1, 0.15) is 0 Å². The molecule has 1 saturated heterocycles. The van der Waals surface area contributed by atoms with E-state index < -0.39 is 0 Å². The van der Waals surface area contributed by atoms with Gasteiger partial charge in [-0.2, -0.15) is 0 Å². The third-order valence-electron chi connectivity index (χ3n) is 4.87. The molecule has 98 valence electrons. The van der Waals surface area contributed by atoms with Crippen LogP contribution in [-0.2, 0) is 12.8 Å². The molecule has 0 aromatic heterocycles. The van der Waals surface area contributed by atoms with E-state index in [0.29, 0.717) is 0 Å². The van der Waals surface area contributed by atoms with Gasteiger partial charge in [0.25, 0.3) is 0 Å². The van der Waals surface area contributed by atoms with E-state index in [9.17, 15) is 0 Å². The van der Waals surface area contributed by atoms with Crippen molar-refractivity contribution in [3.63, 3.8) is 0 Å². The molecule has 2 aliphatic rings. The summed E-state index contributed by atoms with van der Waals surface area (Å²) in [5.41, 5.74) is 4.81.